The van der Waals surface area contributed by atoms with Crippen LogP contribution in [0.1, 0.15) is 52.7 Å². The lowest BCUT2D eigenvalue weighted by molar-refractivity contribution is 0.569. The van der Waals surface area contributed by atoms with E-state index in [0.717, 1.165) is 17.1 Å². The van der Waals surface area contributed by atoms with Gasteiger partial charge in [0.25, 0.3) is 0 Å². The first-order chi connectivity index (χ1) is 26.6. The van der Waals surface area contributed by atoms with Crippen LogP contribution in [0.25, 0.3) is 55.3 Å². The Bertz CT molecular complexity index is 2550. The minimum Gasteiger partial charge on any atom is -0.309 e. The first-order valence-corrected chi connectivity index (χ1v) is 19.4. The topological polar surface area (TPSA) is 3.24 Å². The van der Waals surface area contributed by atoms with Gasteiger partial charge in [-0.3, -0.25) is 0 Å². The van der Waals surface area contributed by atoms with E-state index < -0.39 is 0 Å². The van der Waals surface area contributed by atoms with Crippen LogP contribution in [0.4, 0.5) is 17.1 Å². The van der Waals surface area contributed by atoms with Gasteiger partial charge in [-0.1, -0.05) is 199 Å². The molecule has 0 radical (unpaired) electrons. The summed E-state index contributed by atoms with van der Waals surface area (Å²) in [6.07, 6.45) is 0. The van der Waals surface area contributed by atoms with Gasteiger partial charge in [-0.15, -0.1) is 0 Å². The molecule has 8 aromatic rings. The summed E-state index contributed by atoms with van der Waals surface area (Å²) in [4.78, 5) is 2.45. The molecule has 0 atom stereocenters. The predicted octanol–water partition coefficient (Wildman–Crippen LogP) is 15.6. The predicted molar refractivity (Wildman–Crippen MR) is 238 cm³/mol. The zero-order valence-electron chi connectivity index (χ0n) is 32.8. The average Bonchev–Trinajstić information content (AvgIpc) is 3.21. The molecule has 8 rings (SSSR count). The Labute approximate surface area is 327 Å². The van der Waals surface area contributed by atoms with Crippen LogP contribution in [0.15, 0.2) is 188 Å². The fourth-order valence-corrected chi connectivity index (χ4v) is 7.73. The van der Waals surface area contributed by atoms with Crippen molar-refractivity contribution >= 4 is 27.8 Å². The molecule has 0 N–H and O–H groups in total. The van der Waals surface area contributed by atoms with Crippen LogP contribution >= 0.6 is 0 Å². The zero-order valence-corrected chi connectivity index (χ0v) is 32.8. The lowest BCUT2D eigenvalue weighted by atomic mass is 9.78. The van der Waals surface area contributed by atoms with Gasteiger partial charge in [-0.25, -0.2) is 0 Å². The highest BCUT2D eigenvalue weighted by atomic mass is 15.1. The molecule has 0 heterocycles. The Kier molecular flexibility index (Phi) is 9.49. The van der Waals surface area contributed by atoms with E-state index in [4.69, 9.17) is 0 Å². The van der Waals surface area contributed by atoms with Crippen molar-refractivity contribution in [2.45, 2.75) is 52.4 Å². The molecule has 0 aliphatic rings. The van der Waals surface area contributed by atoms with Crippen LogP contribution < -0.4 is 4.90 Å². The third-order valence-electron chi connectivity index (χ3n) is 10.8. The number of para-hydroxylation sites is 2. The number of rotatable bonds is 7. The van der Waals surface area contributed by atoms with Gasteiger partial charge >= 0.3 is 0 Å². The molecule has 0 saturated heterocycles. The SMILES string of the molecule is CC(C)(C)c1cc(-c2cccc3cccc(-c4ccccc4N(c4ccccc4)c4ccc(-c5ccccc5)cc4-c4ccccc4)c23)cc(C(C)(C)C)c1. The second-order valence-electron chi connectivity index (χ2n) is 16.7. The van der Waals surface area contributed by atoms with Crippen LogP contribution in [0.2, 0.25) is 0 Å². The Morgan fingerprint density at radius 3 is 1.45 bits per heavy atom. The molecular formula is C54H49N. The maximum atomic E-state index is 2.45. The third-order valence-corrected chi connectivity index (χ3v) is 10.8. The van der Waals surface area contributed by atoms with Crippen molar-refractivity contribution in [2.75, 3.05) is 4.90 Å². The number of benzene rings is 8. The van der Waals surface area contributed by atoms with E-state index in [0.29, 0.717) is 0 Å². The van der Waals surface area contributed by atoms with Crippen LogP contribution in [-0.4, -0.2) is 0 Å². The number of hydrogen-bond acceptors (Lipinski definition) is 1. The van der Waals surface area contributed by atoms with E-state index in [1.165, 1.54) is 66.4 Å². The highest BCUT2D eigenvalue weighted by molar-refractivity contribution is 6.09. The maximum absolute atomic E-state index is 2.45. The molecule has 55 heavy (non-hydrogen) atoms. The highest BCUT2D eigenvalue weighted by Gasteiger charge is 2.24. The minimum absolute atomic E-state index is 0.0126. The van der Waals surface area contributed by atoms with E-state index >= 15 is 0 Å². The Morgan fingerprint density at radius 1 is 0.327 bits per heavy atom. The number of hydrogen-bond donors (Lipinski definition) is 0. The van der Waals surface area contributed by atoms with Crippen molar-refractivity contribution in [3.05, 3.63) is 199 Å². The summed E-state index contributed by atoms with van der Waals surface area (Å²) < 4.78 is 0. The van der Waals surface area contributed by atoms with E-state index in [-0.39, 0.29) is 10.8 Å². The molecule has 0 aliphatic heterocycles. The van der Waals surface area contributed by atoms with Crippen LogP contribution in [0.5, 0.6) is 0 Å². The van der Waals surface area contributed by atoms with Gasteiger partial charge in [-0.2, -0.15) is 0 Å². The molecule has 270 valence electrons. The smallest absolute Gasteiger partial charge is 0.0540 e. The minimum atomic E-state index is 0.0126. The lowest BCUT2D eigenvalue weighted by Gasteiger charge is -2.30. The number of nitrogens with zero attached hydrogens (tertiary/aromatic N) is 1. The van der Waals surface area contributed by atoms with Crippen LogP contribution in [-0.2, 0) is 10.8 Å². The second kappa shape index (κ2) is 14.6. The first kappa shape index (κ1) is 35.8. The van der Waals surface area contributed by atoms with Crippen molar-refractivity contribution in [3.8, 4) is 44.5 Å². The molecule has 0 fully saturated rings. The summed E-state index contributed by atoms with van der Waals surface area (Å²) >= 11 is 0. The quantitative estimate of drug-likeness (QED) is 0.159. The highest BCUT2D eigenvalue weighted by Crippen LogP contribution is 2.48. The normalized spacial score (nSPS) is 11.8. The largest absolute Gasteiger partial charge is 0.309 e. The van der Waals surface area contributed by atoms with Gasteiger partial charge in [0.2, 0.25) is 0 Å². The molecule has 0 saturated carbocycles. The molecule has 0 aromatic heterocycles. The summed E-state index contributed by atoms with van der Waals surface area (Å²) in [6.45, 7) is 13.9. The molecule has 0 bridgehead atoms. The molecule has 0 spiro atoms. The van der Waals surface area contributed by atoms with Gasteiger partial charge in [0, 0.05) is 16.8 Å². The van der Waals surface area contributed by atoms with Gasteiger partial charge < -0.3 is 4.90 Å². The van der Waals surface area contributed by atoms with Crippen molar-refractivity contribution in [3.63, 3.8) is 0 Å². The molecule has 1 nitrogen and oxygen atoms in total. The fourth-order valence-electron chi connectivity index (χ4n) is 7.73. The summed E-state index contributed by atoms with van der Waals surface area (Å²) in [7, 11) is 0. The maximum Gasteiger partial charge on any atom is 0.0540 e. The molecule has 0 aliphatic carbocycles. The molecular weight excluding hydrogens is 663 g/mol. The molecule has 0 amide bonds. The summed E-state index contributed by atoms with van der Waals surface area (Å²) in [5.74, 6) is 0. The second-order valence-corrected chi connectivity index (χ2v) is 16.7. The van der Waals surface area contributed by atoms with Crippen molar-refractivity contribution in [2.24, 2.45) is 0 Å². The zero-order chi connectivity index (χ0) is 38.2. The number of anilines is 3. The van der Waals surface area contributed by atoms with E-state index in [1.807, 2.05) is 0 Å². The fraction of sp³-hybridized carbons (Fsp3) is 0.148. The van der Waals surface area contributed by atoms with E-state index in [1.54, 1.807) is 0 Å². The first-order valence-electron chi connectivity index (χ1n) is 19.4. The Balaban J connectivity index is 1.39. The van der Waals surface area contributed by atoms with Gasteiger partial charge in [-0.05, 0) is 96.4 Å². The summed E-state index contributed by atoms with van der Waals surface area (Å²) in [5.41, 5.74) is 15.7. The van der Waals surface area contributed by atoms with Crippen molar-refractivity contribution in [1.82, 2.24) is 0 Å². The van der Waals surface area contributed by atoms with Gasteiger partial charge in [0.1, 0.15) is 0 Å². The van der Waals surface area contributed by atoms with Crippen LogP contribution in [0.3, 0.4) is 0 Å². The number of fused-ring (bicyclic) bond motifs is 1. The molecule has 0 unspecified atom stereocenters. The van der Waals surface area contributed by atoms with Crippen LogP contribution in [0, 0.1) is 0 Å². The molecule has 8 aromatic carbocycles. The van der Waals surface area contributed by atoms with Gasteiger partial charge in [0.15, 0.2) is 0 Å². The van der Waals surface area contributed by atoms with Gasteiger partial charge in [0.05, 0.1) is 11.4 Å². The van der Waals surface area contributed by atoms with Crippen molar-refractivity contribution in [1.29, 1.82) is 0 Å². The van der Waals surface area contributed by atoms with Crippen molar-refractivity contribution < 1.29 is 0 Å². The van der Waals surface area contributed by atoms with E-state index in [9.17, 15) is 0 Å². The monoisotopic (exact) mass is 711 g/mol. The molecule has 1 heteroatoms. The Hall–Kier alpha value is -6.18. The summed E-state index contributed by atoms with van der Waals surface area (Å²) in [6, 6.07) is 68.9. The lowest BCUT2D eigenvalue weighted by Crippen LogP contribution is -2.16. The Morgan fingerprint density at radius 2 is 0.836 bits per heavy atom. The third kappa shape index (κ3) is 7.23. The average molecular weight is 712 g/mol. The standard InChI is InChI=1S/C54H49N/c1-53(2,3)43-34-42(35-44(37-43)54(4,5)6)46-29-18-24-40-25-19-30-48(52(40)46)47-28-16-17-31-50(47)55(45-26-14-9-15-27-45)51-33-32-41(38-20-10-7-11-21-38)36-49(51)39-22-12-8-13-23-39/h7-37H,1-6H3. The summed E-state index contributed by atoms with van der Waals surface area (Å²) in [5, 5.41) is 2.49. The van der Waals surface area contributed by atoms with E-state index in [2.05, 4.69) is 234 Å².